The Balaban J connectivity index is 0.00000144. The van der Waals surface area contributed by atoms with Gasteiger partial charge in [-0.25, -0.2) is 0 Å². The van der Waals surface area contributed by atoms with Gasteiger partial charge in [0.05, 0.1) is 5.56 Å². The van der Waals surface area contributed by atoms with Gasteiger partial charge in [0.1, 0.15) is 0 Å². The first kappa shape index (κ1) is 14.1. The second-order valence-corrected chi connectivity index (χ2v) is 3.76. The average molecular weight is 264 g/mol. The smallest absolute Gasteiger partial charge is 0.313 e. The molecule has 0 amide bonds. The highest BCUT2D eigenvalue weighted by molar-refractivity contribution is 5.85. The van der Waals surface area contributed by atoms with Crippen molar-refractivity contribution in [3.63, 3.8) is 0 Å². The number of benzene rings is 1. The van der Waals surface area contributed by atoms with Crippen molar-refractivity contribution in [3.05, 3.63) is 41.5 Å². The Hall–Kier alpha value is -1.00. The highest BCUT2D eigenvalue weighted by Gasteiger charge is 2.30. The average Bonchev–Trinajstić information content (AvgIpc) is 2.29. The molecule has 1 nitrogen and oxygen atoms in total. The number of halogens is 4. The fraction of sp³-hybridized carbons (Fsp3) is 0.333. The molecule has 0 radical (unpaired) electrons. The van der Waals surface area contributed by atoms with E-state index in [-0.39, 0.29) is 12.4 Å². The Bertz CT molecular complexity index is 412. The molecular formula is C12H13ClF3N. The number of rotatable bonds is 1. The molecule has 0 aliphatic carbocycles. The van der Waals surface area contributed by atoms with E-state index in [1.54, 1.807) is 6.07 Å². The van der Waals surface area contributed by atoms with Gasteiger partial charge in [-0.3, -0.25) is 0 Å². The fourth-order valence-electron chi connectivity index (χ4n) is 1.78. The predicted octanol–water partition coefficient (Wildman–Crippen LogP) is 3.50. The molecule has 5 heteroatoms. The van der Waals surface area contributed by atoms with Gasteiger partial charge in [0, 0.05) is 6.54 Å². The zero-order valence-corrected chi connectivity index (χ0v) is 9.87. The maximum Gasteiger partial charge on any atom is 0.416 e. The second-order valence-electron chi connectivity index (χ2n) is 3.76. The lowest BCUT2D eigenvalue weighted by molar-refractivity contribution is -0.137. The van der Waals surface area contributed by atoms with E-state index >= 15 is 0 Å². The van der Waals surface area contributed by atoms with Crippen molar-refractivity contribution in [2.24, 2.45) is 0 Å². The zero-order chi connectivity index (χ0) is 11.6. The molecule has 0 spiro atoms. The van der Waals surface area contributed by atoms with Gasteiger partial charge in [0.15, 0.2) is 0 Å². The lowest BCUT2D eigenvalue weighted by Gasteiger charge is -2.15. The lowest BCUT2D eigenvalue weighted by atomic mass is 9.98. The fourth-order valence-corrected chi connectivity index (χ4v) is 1.78. The monoisotopic (exact) mass is 263 g/mol. The molecule has 94 valence electrons. The number of hydrogen-bond donors (Lipinski definition) is 1. The van der Waals surface area contributed by atoms with Crippen molar-refractivity contribution in [3.8, 4) is 0 Å². The van der Waals surface area contributed by atoms with Crippen LogP contribution in [0.25, 0.3) is 5.57 Å². The third kappa shape index (κ3) is 3.48. The van der Waals surface area contributed by atoms with Crippen LogP contribution in [-0.4, -0.2) is 13.1 Å². The molecular weight excluding hydrogens is 251 g/mol. The minimum absolute atomic E-state index is 0. The first-order chi connectivity index (χ1) is 7.57. The van der Waals surface area contributed by atoms with Gasteiger partial charge in [-0.1, -0.05) is 18.2 Å². The highest BCUT2D eigenvalue weighted by atomic mass is 35.5. The van der Waals surface area contributed by atoms with Crippen LogP contribution in [0.4, 0.5) is 13.2 Å². The summed E-state index contributed by atoms with van der Waals surface area (Å²) in [6, 6.07) is 5.51. The molecule has 2 rings (SSSR count). The van der Waals surface area contributed by atoms with Crippen LogP contribution in [0.5, 0.6) is 0 Å². The molecule has 0 unspecified atom stereocenters. The highest BCUT2D eigenvalue weighted by Crippen LogP contribution is 2.31. The van der Waals surface area contributed by atoms with Crippen LogP contribution in [0.1, 0.15) is 17.5 Å². The number of nitrogens with one attached hydrogen (secondary N) is 1. The van der Waals surface area contributed by atoms with Crippen LogP contribution in [0.15, 0.2) is 30.3 Å². The summed E-state index contributed by atoms with van der Waals surface area (Å²) in [7, 11) is 0. The number of hydrogen-bond acceptors (Lipinski definition) is 1. The molecule has 0 atom stereocenters. The van der Waals surface area contributed by atoms with Gasteiger partial charge >= 0.3 is 6.18 Å². The van der Waals surface area contributed by atoms with E-state index in [0.29, 0.717) is 5.56 Å². The standard InChI is InChI=1S/C12H12F3N.ClH/c13-12(14,15)11-3-1-2-10(8-11)9-4-6-16-7-5-9;/h1-4,8,16H,5-7H2;1H. The van der Waals surface area contributed by atoms with Gasteiger partial charge in [-0.15, -0.1) is 12.4 Å². The van der Waals surface area contributed by atoms with E-state index in [4.69, 9.17) is 0 Å². The summed E-state index contributed by atoms with van der Waals surface area (Å²) >= 11 is 0. The maximum absolute atomic E-state index is 12.5. The molecule has 0 fully saturated rings. The zero-order valence-electron chi connectivity index (χ0n) is 9.05. The largest absolute Gasteiger partial charge is 0.416 e. The van der Waals surface area contributed by atoms with E-state index in [1.165, 1.54) is 12.1 Å². The second kappa shape index (κ2) is 5.56. The van der Waals surface area contributed by atoms with Gasteiger partial charge in [0.25, 0.3) is 0 Å². The Morgan fingerprint density at radius 3 is 2.53 bits per heavy atom. The van der Waals surface area contributed by atoms with Crippen LogP contribution in [0.3, 0.4) is 0 Å². The van der Waals surface area contributed by atoms with Crippen LogP contribution in [0.2, 0.25) is 0 Å². The minimum atomic E-state index is -4.26. The first-order valence-corrected chi connectivity index (χ1v) is 5.15. The summed E-state index contributed by atoms with van der Waals surface area (Å²) in [4.78, 5) is 0. The lowest BCUT2D eigenvalue weighted by Crippen LogP contribution is -2.20. The van der Waals surface area contributed by atoms with E-state index in [9.17, 15) is 13.2 Å². The Kier molecular flexibility index (Phi) is 4.60. The van der Waals surface area contributed by atoms with E-state index in [0.717, 1.165) is 31.1 Å². The third-order valence-corrected chi connectivity index (χ3v) is 2.62. The Morgan fingerprint density at radius 1 is 1.18 bits per heavy atom. The molecule has 1 aromatic rings. The molecule has 0 saturated carbocycles. The van der Waals surface area contributed by atoms with E-state index in [1.807, 2.05) is 6.08 Å². The predicted molar refractivity (Wildman–Crippen MR) is 64.2 cm³/mol. The van der Waals surface area contributed by atoms with Crippen molar-refractivity contribution in [2.45, 2.75) is 12.6 Å². The third-order valence-electron chi connectivity index (χ3n) is 2.62. The van der Waals surface area contributed by atoms with Crippen molar-refractivity contribution in [1.29, 1.82) is 0 Å². The molecule has 1 N–H and O–H groups in total. The maximum atomic E-state index is 12.5. The Labute approximate surface area is 104 Å². The summed E-state index contributed by atoms with van der Waals surface area (Å²) in [5, 5.41) is 3.13. The van der Waals surface area contributed by atoms with Gasteiger partial charge in [-0.05, 0) is 36.2 Å². The Morgan fingerprint density at radius 2 is 1.94 bits per heavy atom. The van der Waals surface area contributed by atoms with Crippen LogP contribution in [0, 0.1) is 0 Å². The van der Waals surface area contributed by atoms with Gasteiger partial charge in [-0.2, -0.15) is 13.2 Å². The summed E-state index contributed by atoms with van der Waals surface area (Å²) in [6.07, 6.45) is -1.54. The van der Waals surface area contributed by atoms with Crippen molar-refractivity contribution < 1.29 is 13.2 Å². The molecule has 0 aromatic heterocycles. The van der Waals surface area contributed by atoms with E-state index < -0.39 is 11.7 Å². The van der Waals surface area contributed by atoms with Gasteiger partial charge in [0.2, 0.25) is 0 Å². The van der Waals surface area contributed by atoms with Crippen LogP contribution >= 0.6 is 12.4 Å². The molecule has 0 saturated heterocycles. The molecule has 1 heterocycles. The minimum Gasteiger partial charge on any atom is -0.313 e. The van der Waals surface area contributed by atoms with Crippen LogP contribution < -0.4 is 5.32 Å². The van der Waals surface area contributed by atoms with Crippen molar-refractivity contribution >= 4 is 18.0 Å². The normalized spacial score (nSPS) is 16.1. The summed E-state index contributed by atoms with van der Waals surface area (Å²) in [6.45, 7) is 1.55. The molecule has 1 aliphatic rings. The number of alkyl halides is 3. The first-order valence-electron chi connectivity index (χ1n) is 5.15. The molecule has 1 aromatic carbocycles. The van der Waals surface area contributed by atoms with Gasteiger partial charge < -0.3 is 5.32 Å². The van der Waals surface area contributed by atoms with Crippen molar-refractivity contribution in [2.75, 3.05) is 13.1 Å². The van der Waals surface area contributed by atoms with E-state index in [2.05, 4.69) is 5.32 Å². The molecule has 17 heavy (non-hydrogen) atoms. The summed E-state index contributed by atoms with van der Waals surface area (Å²) in [5.74, 6) is 0. The van der Waals surface area contributed by atoms with Crippen LogP contribution in [-0.2, 0) is 6.18 Å². The van der Waals surface area contributed by atoms with Crippen molar-refractivity contribution in [1.82, 2.24) is 5.32 Å². The topological polar surface area (TPSA) is 12.0 Å². The SMILES string of the molecule is Cl.FC(F)(F)c1cccc(C2=CCNCC2)c1. The molecule has 1 aliphatic heterocycles. The summed E-state index contributed by atoms with van der Waals surface area (Å²) < 4.78 is 37.5. The quantitative estimate of drug-likeness (QED) is 0.818. The summed E-state index contributed by atoms with van der Waals surface area (Å²) in [5.41, 5.74) is 1.09. The molecule has 0 bridgehead atoms.